The Bertz CT molecular complexity index is 948. The van der Waals surface area contributed by atoms with Gasteiger partial charge in [0.1, 0.15) is 11.5 Å². The van der Waals surface area contributed by atoms with E-state index in [1.807, 2.05) is 57.9 Å². The number of carbonyl (C=O) groups is 1. The van der Waals surface area contributed by atoms with Crippen LogP contribution in [0.4, 0.5) is 5.82 Å². The van der Waals surface area contributed by atoms with Crippen LogP contribution in [0.3, 0.4) is 0 Å². The summed E-state index contributed by atoms with van der Waals surface area (Å²) in [5.41, 5.74) is 2.49. The summed E-state index contributed by atoms with van der Waals surface area (Å²) in [5.74, 6) is 0.832. The van der Waals surface area contributed by atoms with Gasteiger partial charge in [-0.05, 0) is 24.3 Å². The van der Waals surface area contributed by atoms with Crippen LogP contribution < -0.4 is 10.2 Å². The van der Waals surface area contributed by atoms with Crippen LogP contribution in [0.25, 0.3) is 5.65 Å². The number of piperazine rings is 1. The summed E-state index contributed by atoms with van der Waals surface area (Å²) >= 11 is 6.10. The first-order valence-corrected chi connectivity index (χ1v) is 9.28. The Morgan fingerprint density at radius 2 is 2.00 bits per heavy atom. The number of amides is 1. The summed E-state index contributed by atoms with van der Waals surface area (Å²) in [7, 11) is 1.96. The first kappa shape index (κ1) is 17.8. The maximum atomic E-state index is 12.5. The van der Waals surface area contributed by atoms with Crippen LogP contribution in [-0.2, 0) is 6.54 Å². The maximum absolute atomic E-state index is 12.5. The molecule has 1 saturated heterocycles. The maximum Gasteiger partial charge on any atom is 0.255 e. The number of aromatic nitrogens is 3. The van der Waals surface area contributed by atoms with Crippen molar-refractivity contribution in [2.75, 3.05) is 38.1 Å². The van der Waals surface area contributed by atoms with Crippen molar-refractivity contribution in [3.8, 4) is 0 Å². The van der Waals surface area contributed by atoms with Gasteiger partial charge in [-0.15, -0.1) is 0 Å². The fourth-order valence-electron chi connectivity index (χ4n) is 3.23. The molecule has 3 aromatic heterocycles. The molecule has 7 nitrogen and oxygen atoms in total. The van der Waals surface area contributed by atoms with Crippen molar-refractivity contribution in [3.05, 3.63) is 59.1 Å². The summed E-state index contributed by atoms with van der Waals surface area (Å²) in [6.45, 7) is 3.76. The molecule has 1 fully saturated rings. The third kappa shape index (κ3) is 3.74. The predicted molar refractivity (Wildman–Crippen MR) is 105 cm³/mol. The second-order valence-corrected chi connectivity index (χ2v) is 7.06. The molecule has 0 aromatic carbocycles. The van der Waals surface area contributed by atoms with Gasteiger partial charge in [0.25, 0.3) is 5.91 Å². The van der Waals surface area contributed by atoms with Gasteiger partial charge in [0.15, 0.2) is 0 Å². The number of anilines is 1. The number of nitrogens with one attached hydrogen (secondary N) is 1. The Kier molecular flexibility index (Phi) is 4.96. The summed E-state index contributed by atoms with van der Waals surface area (Å²) in [5, 5.41) is 3.92. The number of hydrogen-bond acceptors (Lipinski definition) is 5. The highest BCUT2D eigenvalue weighted by Crippen LogP contribution is 2.17. The molecule has 0 saturated carbocycles. The normalized spacial score (nSPS) is 14.5. The third-order valence-electron chi connectivity index (χ3n) is 4.74. The van der Waals surface area contributed by atoms with Crippen molar-refractivity contribution < 1.29 is 4.79 Å². The van der Waals surface area contributed by atoms with Gasteiger partial charge in [-0.3, -0.25) is 4.79 Å². The Balaban J connectivity index is 1.48. The first-order chi connectivity index (χ1) is 13.1. The zero-order valence-electron chi connectivity index (χ0n) is 15.1. The highest BCUT2D eigenvalue weighted by molar-refractivity contribution is 6.30. The van der Waals surface area contributed by atoms with Gasteiger partial charge in [-0.25, -0.2) is 9.97 Å². The number of nitrogens with zero attached hydrogens (tertiary/aromatic N) is 5. The lowest BCUT2D eigenvalue weighted by atomic mass is 10.2. The summed E-state index contributed by atoms with van der Waals surface area (Å²) < 4.78 is 1.97. The average molecular weight is 385 g/mol. The van der Waals surface area contributed by atoms with E-state index in [9.17, 15) is 4.79 Å². The number of hydrogen-bond donors (Lipinski definition) is 1. The number of rotatable bonds is 4. The molecule has 3 aromatic rings. The van der Waals surface area contributed by atoms with E-state index >= 15 is 0 Å². The van der Waals surface area contributed by atoms with Gasteiger partial charge in [0, 0.05) is 45.6 Å². The largest absolute Gasteiger partial charge is 0.354 e. The molecular weight excluding hydrogens is 364 g/mol. The van der Waals surface area contributed by atoms with Crippen LogP contribution in [0.1, 0.15) is 16.1 Å². The molecule has 0 radical (unpaired) electrons. The minimum absolute atomic E-state index is 0.0367. The van der Waals surface area contributed by atoms with E-state index in [-0.39, 0.29) is 5.91 Å². The lowest BCUT2D eigenvalue weighted by Gasteiger charge is -2.27. The number of imidazole rings is 1. The molecule has 1 aliphatic heterocycles. The molecule has 0 spiro atoms. The van der Waals surface area contributed by atoms with E-state index in [1.54, 1.807) is 6.20 Å². The van der Waals surface area contributed by atoms with E-state index in [0.717, 1.165) is 43.3 Å². The van der Waals surface area contributed by atoms with Gasteiger partial charge < -0.3 is 19.5 Å². The fourth-order valence-corrected chi connectivity index (χ4v) is 3.40. The Morgan fingerprint density at radius 1 is 1.19 bits per heavy atom. The van der Waals surface area contributed by atoms with Gasteiger partial charge in [-0.2, -0.15) is 0 Å². The summed E-state index contributed by atoms with van der Waals surface area (Å²) in [6, 6.07) is 7.44. The molecule has 4 rings (SSSR count). The standard InChI is InChI=1S/C19H21ClN6O/c1-24(13-16-11-23-18-5-3-15(20)12-26(16)18)17-4-2-14(10-22-17)19(27)25-8-6-21-7-9-25/h2-5,10-12,21H,6-9,13H2,1H3. The van der Waals surface area contributed by atoms with Crippen LogP contribution >= 0.6 is 11.6 Å². The summed E-state index contributed by atoms with van der Waals surface area (Å²) in [6.07, 6.45) is 5.35. The molecule has 0 unspecified atom stereocenters. The van der Waals surface area contributed by atoms with Crippen molar-refractivity contribution >= 4 is 29.0 Å². The molecule has 8 heteroatoms. The molecular formula is C19H21ClN6O. The monoisotopic (exact) mass is 384 g/mol. The van der Waals surface area contributed by atoms with Crippen molar-refractivity contribution in [1.29, 1.82) is 0 Å². The number of halogens is 1. The molecule has 0 atom stereocenters. The highest BCUT2D eigenvalue weighted by atomic mass is 35.5. The molecule has 140 valence electrons. The van der Waals surface area contributed by atoms with E-state index < -0.39 is 0 Å². The molecule has 0 bridgehead atoms. The zero-order chi connectivity index (χ0) is 18.8. The van der Waals surface area contributed by atoms with Gasteiger partial charge in [0.05, 0.1) is 29.0 Å². The minimum Gasteiger partial charge on any atom is -0.354 e. The van der Waals surface area contributed by atoms with Crippen LogP contribution in [0.2, 0.25) is 5.02 Å². The van der Waals surface area contributed by atoms with Crippen LogP contribution in [0.15, 0.2) is 42.9 Å². The zero-order valence-corrected chi connectivity index (χ0v) is 15.9. The fraction of sp³-hybridized carbons (Fsp3) is 0.316. The average Bonchev–Trinajstić information content (AvgIpc) is 3.10. The first-order valence-electron chi connectivity index (χ1n) is 8.90. The van der Waals surface area contributed by atoms with Crippen LogP contribution in [0.5, 0.6) is 0 Å². The topological polar surface area (TPSA) is 65.8 Å². The second-order valence-electron chi connectivity index (χ2n) is 6.63. The second kappa shape index (κ2) is 7.54. The molecule has 0 aliphatic carbocycles. The van der Waals surface area contributed by atoms with Crippen molar-refractivity contribution in [2.45, 2.75) is 6.54 Å². The van der Waals surface area contributed by atoms with Crippen molar-refractivity contribution in [2.24, 2.45) is 0 Å². The molecule has 1 amide bonds. The molecule has 1 aliphatic rings. The number of carbonyl (C=O) groups excluding carboxylic acids is 1. The third-order valence-corrected chi connectivity index (χ3v) is 4.96. The quantitative estimate of drug-likeness (QED) is 0.746. The van der Waals surface area contributed by atoms with E-state index in [0.29, 0.717) is 17.1 Å². The number of fused-ring (bicyclic) bond motifs is 1. The smallest absolute Gasteiger partial charge is 0.255 e. The Hall–Kier alpha value is -2.64. The van der Waals surface area contributed by atoms with E-state index in [4.69, 9.17) is 11.6 Å². The molecule has 1 N–H and O–H groups in total. The number of pyridine rings is 2. The van der Waals surface area contributed by atoms with E-state index in [1.165, 1.54) is 0 Å². The predicted octanol–water partition coefficient (Wildman–Crippen LogP) is 2.06. The van der Waals surface area contributed by atoms with Crippen molar-refractivity contribution in [3.63, 3.8) is 0 Å². The summed E-state index contributed by atoms with van der Waals surface area (Å²) in [4.78, 5) is 25.3. The van der Waals surface area contributed by atoms with Crippen LogP contribution in [-0.4, -0.2) is 58.4 Å². The Labute approximate surface area is 162 Å². The van der Waals surface area contributed by atoms with Crippen LogP contribution in [0, 0.1) is 0 Å². The lowest BCUT2D eigenvalue weighted by molar-refractivity contribution is 0.0735. The van der Waals surface area contributed by atoms with Gasteiger partial charge in [-0.1, -0.05) is 11.6 Å². The van der Waals surface area contributed by atoms with E-state index in [2.05, 4.69) is 15.3 Å². The SMILES string of the molecule is CN(Cc1cnc2ccc(Cl)cn12)c1ccc(C(=O)N2CCNCC2)cn1. The minimum atomic E-state index is 0.0367. The van der Waals surface area contributed by atoms with Crippen molar-refractivity contribution in [1.82, 2.24) is 24.6 Å². The highest BCUT2D eigenvalue weighted by Gasteiger charge is 2.18. The molecule has 27 heavy (non-hydrogen) atoms. The Morgan fingerprint density at radius 3 is 2.74 bits per heavy atom. The van der Waals surface area contributed by atoms with Gasteiger partial charge >= 0.3 is 0 Å². The van der Waals surface area contributed by atoms with Gasteiger partial charge in [0.2, 0.25) is 0 Å². The molecule has 4 heterocycles. The lowest BCUT2D eigenvalue weighted by Crippen LogP contribution is -2.46.